The van der Waals surface area contributed by atoms with Crippen LogP contribution in [0.15, 0.2) is 77.3 Å². The van der Waals surface area contributed by atoms with E-state index in [0.29, 0.717) is 18.6 Å². The lowest BCUT2D eigenvalue weighted by Crippen LogP contribution is -2.04. The van der Waals surface area contributed by atoms with Gasteiger partial charge in [-0.05, 0) is 36.6 Å². The van der Waals surface area contributed by atoms with E-state index in [-0.39, 0.29) is 16.9 Å². The van der Waals surface area contributed by atoms with Crippen LogP contribution in [0.4, 0.5) is 14.5 Å². The van der Waals surface area contributed by atoms with E-state index in [9.17, 15) is 18.9 Å². The minimum Gasteiger partial charge on any atom is -0.258 e. The van der Waals surface area contributed by atoms with Gasteiger partial charge in [0.25, 0.3) is 5.69 Å². The van der Waals surface area contributed by atoms with E-state index in [1.54, 1.807) is 0 Å². The minimum absolute atomic E-state index is 0.126. The molecule has 0 fully saturated rings. The van der Waals surface area contributed by atoms with Crippen LogP contribution in [0.2, 0.25) is 0 Å². The van der Waals surface area contributed by atoms with Crippen molar-refractivity contribution in [1.29, 1.82) is 0 Å². The molecule has 0 aromatic heterocycles. The van der Waals surface area contributed by atoms with Crippen molar-refractivity contribution in [2.45, 2.75) is 12.8 Å². The number of benzene rings is 2. The van der Waals surface area contributed by atoms with Crippen LogP contribution in [0, 0.1) is 10.1 Å². The third-order valence-corrected chi connectivity index (χ3v) is 3.83. The van der Waals surface area contributed by atoms with E-state index in [4.69, 9.17) is 0 Å². The highest BCUT2D eigenvalue weighted by atomic mass is 19.2. The summed E-state index contributed by atoms with van der Waals surface area (Å²) in [6.45, 7) is 0. The summed E-state index contributed by atoms with van der Waals surface area (Å²) < 4.78 is 28.5. The van der Waals surface area contributed by atoms with E-state index < -0.39 is 16.6 Å². The largest absolute Gasteiger partial charge is 0.269 e. The molecular weight excluding hydrogens is 326 g/mol. The second-order valence-corrected chi connectivity index (χ2v) is 5.48. The van der Waals surface area contributed by atoms with Gasteiger partial charge in [0.15, 0.2) is 11.7 Å². The van der Waals surface area contributed by atoms with Gasteiger partial charge in [0.2, 0.25) is 0 Å². The number of halogens is 2. The summed E-state index contributed by atoms with van der Waals surface area (Å²) in [7, 11) is 0. The van der Waals surface area contributed by atoms with Gasteiger partial charge in [0.1, 0.15) is 5.70 Å². The Morgan fingerprint density at radius 2 is 1.64 bits per heavy atom. The summed E-state index contributed by atoms with van der Waals surface area (Å²) in [5, 5.41) is 10.8. The average molecular weight is 340 g/mol. The molecule has 25 heavy (non-hydrogen) atoms. The van der Waals surface area contributed by atoms with Crippen molar-refractivity contribution in [2.75, 3.05) is 0 Å². The van der Waals surface area contributed by atoms with Gasteiger partial charge in [-0.25, -0.2) is 13.8 Å². The molecule has 6 heteroatoms. The van der Waals surface area contributed by atoms with E-state index in [1.165, 1.54) is 30.3 Å². The summed E-state index contributed by atoms with van der Waals surface area (Å²) in [5.41, 5.74) is 1.45. The van der Waals surface area contributed by atoms with Crippen molar-refractivity contribution in [3.05, 3.63) is 93.6 Å². The molecule has 1 aliphatic heterocycles. The molecule has 0 aliphatic carbocycles. The molecule has 0 saturated heterocycles. The third-order valence-electron chi connectivity index (χ3n) is 3.83. The van der Waals surface area contributed by atoms with E-state index in [2.05, 4.69) is 4.99 Å². The maximum absolute atomic E-state index is 14.5. The molecule has 0 spiro atoms. The Morgan fingerprint density at radius 3 is 2.28 bits per heavy atom. The molecule has 1 aliphatic rings. The minimum atomic E-state index is -1.07. The molecule has 0 amide bonds. The van der Waals surface area contributed by atoms with Crippen molar-refractivity contribution in [1.82, 2.24) is 0 Å². The number of nitrogens with zero attached hydrogens (tertiary/aromatic N) is 2. The Bertz CT molecular complexity index is 885. The zero-order valence-electron chi connectivity index (χ0n) is 13.2. The molecule has 126 valence electrons. The highest BCUT2D eigenvalue weighted by Gasteiger charge is 2.18. The highest BCUT2D eigenvalue weighted by molar-refractivity contribution is 6.04. The predicted octanol–water partition coefficient (Wildman–Crippen LogP) is 5.37. The van der Waals surface area contributed by atoms with Crippen LogP contribution in [0.25, 0.3) is 5.70 Å². The molecule has 0 bridgehead atoms. The second-order valence-electron chi connectivity index (χ2n) is 5.48. The molecular formula is C19H14F2N2O2. The molecule has 0 radical (unpaired) electrons. The standard InChI is InChI=1S/C19H14F2N2O2/c20-16-7-4-8-17(13-5-2-1-3-6-13)22-19(18(16)21)14-9-11-15(12-10-14)23(24)25/h1-3,5-7,9-12H,4,8H2/b16-7+,19-18+,22-17?. The number of nitro groups is 1. The number of aliphatic imine (C=N–C) groups is 1. The maximum Gasteiger partial charge on any atom is 0.269 e. The molecule has 3 rings (SSSR count). The number of hydrogen-bond donors (Lipinski definition) is 0. The van der Waals surface area contributed by atoms with Crippen LogP contribution in [-0.2, 0) is 0 Å². The van der Waals surface area contributed by atoms with Crippen LogP contribution in [0.5, 0.6) is 0 Å². The van der Waals surface area contributed by atoms with E-state index in [0.717, 1.165) is 5.56 Å². The number of allylic oxidation sites excluding steroid dienone is 3. The normalized spacial score (nSPS) is 20.1. The lowest BCUT2D eigenvalue weighted by atomic mass is 10.0. The van der Waals surface area contributed by atoms with Gasteiger partial charge < -0.3 is 0 Å². The van der Waals surface area contributed by atoms with Gasteiger partial charge in [0.05, 0.1) is 4.92 Å². The van der Waals surface area contributed by atoms with Gasteiger partial charge in [-0.1, -0.05) is 30.3 Å². The Morgan fingerprint density at radius 1 is 0.960 bits per heavy atom. The first kappa shape index (κ1) is 16.7. The SMILES string of the molecule is O=[N+]([O-])c1ccc(/C2=C(F)/C(F)=C\CCC(c3ccccc3)=N2)cc1. The van der Waals surface area contributed by atoms with Crippen LogP contribution >= 0.6 is 0 Å². The fraction of sp³-hybridized carbons (Fsp3) is 0.105. The lowest BCUT2D eigenvalue weighted by molar-refractivity contribution is -0.384. The molecule has 0 atom stereocenters. The van der Waals surface area contributed by atoms with Gasteiger partial charge in [-0.3, -0.25) is 10.1 Å². The summed E-state index contributed by atoms with van der Waals surface area (Å²) in [6, 6.07) is 14.5. The highest BCUT2D eigenvalue weighted by Crippen LogP contribution is 2.31. The van der Waals surface area contributed by atoms with Gasteiger partial charge in [-0.15, -0.1) is 0 Å². The number of non-ortho nitro benzene ring substituents is 1. The van der Waals surface area contributed by atoms with E-state index in [1.807, 2.05) is 30.3 Å². The van der Waals surface area contributed by atoms with Crippen LogP contribution in [-0.4, -0.2) is 10.6 Å². The zero-order chi connectivity index (χ0) is 17.8. The molecule has 0 N–H and O–H groups in total. The van der Waals surface area contributed by atoms with Crippen LogP contribution in [0.1, 0.15) is 24.0 Å². The number of nitro benzene ring substituents is 1. The number of rotatable bonds is 3. The molecule has 4 nitrogen and oxygen atoms in total. The fourth-order valence-electron chi connectivity index (χ4n) is 2.55. The summed E-state index contributed by atoms with van der Waals surface area (Å²) in [4.78, 5) is 14.6. The summed E-state index contributed by atoms with van der Waals surface area (Å²) in [6.07, 6.45) is 1.99. The van der Waals surface area contributed by atoms with Crippen molar-refractivity contribution in [3.8, 4) is 0 Å². The van der Waals surface area contributed by atoms with Crippen molar-refractivity contribution >= 4 is 17.1 Å². The maximum atomic E-state index is 14.5. The smallest absolute Gasteiger partial charge is 0.258 e. The third kappa shape index (κ3) is 3.68. The quantitative estimate of drug-likeness (QED) is 0.557. The first-order valence-electron chi connectivity index (χ1n) is 7.70. The Balaban J connectivity index is 2.11. The van der Waals surface area contributed by atoms with Crippen molar-refractivity contribution in [2.24, 2.45) is 4.99 Å². The van der Waals surface area contributed by atoms with E-state index >= 15 is 0 Å². The average Bonchev–Trinajstić information content (AvgIpc) is 2.63. The van der Waals surface area contributed by atoms with Gasteiger partial charge in [0, 0.05) is 23.4 Å². The topological polar surface area (TPSA) is 55.5 Å². The van der Waals surface area contributed by atoms with Gasteiger partial charge in [-0.2, -0.15) is 0 Å². The summed E-state index contributed by atoms with van der Waals surface area (Å²) >= 11 is 0. The monoisotopic (exact) mass is 340 g/mol. The molecule has 2 aromatic carbocycles. The van der Waals surface area contributed by atoms with Crippen LogP contribution in [0.3, 0.4) is 0 Å². The summed E-state index contributed by atoms with van der Waals surface area (Å²) in [5.74, 6) is -2.04. The lowest BCUT2D eigenvalue weighted by Gasteiger charge is -2.12. The van der Waals surface area contributed by atoms with Crippen LogP contribution < -0.4 is 0 Å². The first-order chi connectivity index (χ1) is 12.1. The number of hydrogen-bond acceptors (Lipinski definition) is 3. The predicted molar refractivity (Wildman–Crippen MR) is 92.5 cm³/mol. The molecule has 1 heterocycles. The Hall–Kier alpha value is -3.15. The zero-order valence-corrected chi connectivity index (χ0v) is 13.2. The van der Waals surface area contributed by atoms with Crippen molar-refractivity contribution < 1.29 is 13.7 Å². The van der Waals surface area contributed by atoms with Gasteiger partial charge >= 0.3 is 0 Å². The second kappa shape index (κ2) is 7.17. The Kier molecular flexibility index (Phi) is 4.79. The molecule has 0 saturated carbocycles. The molecule has 2 aromatic rings. The Labute approximate surface area is 143 Å². The molecule has 0 unspecified atom stereocenters. The van der Waals surface area contributed by atoms with Crippen molar-refractivity contribution in [3.63, 3.8) is 0 Å². The fourth-order valence-corrected chi connectivity index (χ4v) is 2.55. The first-order valence-corrected chi connectivity index (χ1v) is 7.70.